The van der Waals surface area contributed by atoms with Crippen molar-refractivity contribution in [3.8, 4) is 0 Å². The molecule has 1 aliphatic heterocycles. The molecule has 37 heavy (non-hydrogen) atoms. The zero-order valence-corrected chi connectivity index (χ0v) is 22.5. The number of hydrogen-bond donors (Lipinski definition) is 2. The van der Waals surface area contributed by atoms with Crippen LogP contribution in [-0.4, -0.2) is 65.9 Å². The number of hydrogen-bond acceptors (Lipinski definition) is 6. The summed E-state index contributed by atoms with van der Waals surface area (Å²) in [4.78, 5) is 43.6. The number of rotatable bonds is 6. The average molecular weight is 514 g/mol. The Kier molecular flexibility index (Phi) is 8.11. The van der Waals surface area contributed by atoms with E-state index in [0.717, 1.165) is 43.0 Å². The van der Waals surface area contributed by atoms with E-state index in [4.69, 9.17) is 14.2 Å². The first-order chi connectivity index (χ1) is 17.6. The highest BCUT2D eigenvalue weighted by Crippen LogP contribution is 2.40. The number of nitrogens with one attached hydrogen (secondary N) is 2. The van der Waals surface area contributed by atoms with Crippen LogP contribution < -0.4 is 5.32 Å². The second kappa shape index (κ2) is 11.1. The van der Waals surface area contributed by atoms with E-state index in [-0.39, 0.29) is 17.9 Å². The van der Waals surface area contributed by atoms with Gasteiger partial charge in [0.25, 0.3) is 0 Å². The van der Waals surface area contributed by atoms with E-state index in [1.807, 2.05) is 32.9 Å². The summed E-state index contributed by atoms with van der Waals surface area (Å²) in [7, 11) is 1.75. The van der Waals surface area contributed by atoms with Gasteiger partial charge in [-0.3, -0.25) is 9.69 Å². The van der Waals surface area contributed by atoms with E-state index < -0.39 is 23.7 Å². The quantitative estimate of drug-likeness (QED) is 0.519. The van der Waals surface area contributed by atoms with Crippen LogP contribution >= 0.6 is 0 Å². The van der Waals surface area contributed by atoms with Crippen LogP contribution in [0.5, 0.6) is 0 Å². The fraction of sp³-hybridized carbons (Fsp3) is 0.607. The highest BCUT2D eigenvalue weighted by Gasteiger charge is 2.47. The van der Waals surface area contributed by atoms with Crippen molar-refractivity contribution in [3.63, 3.8) is 0 Å². The molecule has 1 saturated heterocycles. The molecule has 9 nitrogen and oxygen atoms in total. The van der Waals surface area contributed by atoms with Crippen molar-refractivity contribution < 1.29 is 28.6 Å². The first-order valence-electron chi connectivity index (χ1n) is 13.2. The average Bonchev–Trinajstić information content (AvgIpc) is 3.48. The summed E-state index contributed by atoms with van der Waals surface area (Å²) in [5, 5.41) is 3.82. The Labute approximate surface area is 218 Å². The standard InChI is InChI=1S/C28H39N3O6/c1-6-36-26(33)23-16-18-15-19(9-12-22(18)30-23)29-25(32)24-21(17-7-10-20(35-5)11-8-17)13-14-31(24)27(34)37-28(2,3)4/h9,12,15-17,20-21,24,30H,6-8,10-11,13-14H2,1-5H3,(H,29,32)/t17-,20-,21-,24-/m0/s1. The number of methoxy groups -OCH3 is 1. The maximum Gasteiger partial charge on any atom is 0.410 e. The first kappa shape index (κ1) is 27.0. The summed E-state index contributed by atoms with van der Waals surface area (Å²) in [6.07, 6.45) is 4.44. The van der Waals surface area contributed by atoms with E-state index in [2.05, 4.69) is 10.3 Å². The molecule has 0 spiro atoms. The maximum absolute atomic E-state index is 13.7. The fourth-order valence-corrected chi connectivity index (χ4v) is 5.67. The lowest BCUT2D eigenvalue weighted by Crippen LogP contribution is -2.49. The molecule has 2 amide bonds. The van der Waals surface area contributed by atoms with Gasteiger partial charge in [0.2, 0.25) is 5.91 Å². The molecule has 2 aromatic rings. The molecule has 1 aliphatic carbocycles. The van der Waals surface area contributed by atoms with Crippen molar-refractivity contribution in [2.75, 3.05) is 25.6 Å². The number of aromatic amines is 1. The Morgan fingerprint density at radius 3 is 2.46 bits per heavy atom. The number of carbonyl (C=O) groups excluding carboxylic acids is 3. The zero-order valence-electron chi connectivity index (χ0n) is 22.5. The SMILES string of the molecule is CCOC(=O)c1cc2cc(NC(=O)[C@@H]3[C@H]([C@H]4CC[C@H](OC)CC4)CCN3C(=O)OC(C)(C)C)ccc2[nH]1. The van der Waals surface area contributed by atoms with Gasteiger partial charge in [-0.05, 0) is 95.9 Å². The lowest BCUT2D eigenvalue weighted by molar-refractivity contribution is -0.122. The van der Waals surface area contributed by atoms with Gasteiger partial charge in [-0.25, -0.2) is 9.59 Å². The number of nitrogens with zero attached hydrogens (tertiary/aromatic N) is 1. The van der Waals surface area contributed by atoms with Crippen molar-refractivity contribution in [3.05, 3.63) is 30.0 Å². The number of anilines is 1. The summed E-state index contributed by atoms with van der Waals surface area (Å²) >= 11 is 0. The first-order valence-corrected chi connectivity index (χ1v) is 13.2. The lowest BCUT2D eigenvalue weighted by atomic mass is 9.75. The van der Waals surface area contributed by atoms with Gasteiger partial charge in [0.05, 0.1) is 12.7 Å². The van der Waals surface area contributed by atoms with Crippen molar-refractivity contribution in [2.45, 2.75) is 77.5 Å². The number of H-pyrrole nitrogens is 1. The molecule has 1 saturated carbocycles. The Balaban J connectivity index is 1.55. The van der Waals surface area contributed by atoms with Gasteiger partial charge < -0.3 is 24.5 Å². The van der Waals surface area contributed by atoms with E-state index in [9.17, 15) is 14.4 Å². The molecule has 9 heteroatoms. The van der Waals surface area contributed by atoms with Crippen LogP contribution in [0.15, 0.2) is 24.3 Å². The molecule has 2 N–H and O–H groups in total. The highest BCUT2D eigenvalue weighted by atomic mass is 16.6. The molecule has 0 unspecified atom stereocenters. The number of fused-ring (bicyclic) bond motifs is 1. The van der Waals surface area contributed by atoms with Gasteiger partial charge in [-0.1, -0.05) is 0 Å². The topological polar surface area (TPSA) is 110 Å². The predicted molar refractivity (Wildman–Crippen MR) is 140 cm³/mol. The third kappa shape index (κ3) is 6.26. The van der Waals surface area contributed by atoms with Gasteiger partial charge in [0.15, 0.2) is 0 Å². The van der Waals surface area contributed by atoms with Crippen molar-refractivity contribution in [2.24, 2.45) is 11.8 Å². The summed E-state index contributed by atoms with van der Waals surface area (Å²) in [5.74, 6) is -0.248. The van der Waals surface area contributed by atoms with Gasteiger partial charge in [0.1, 0.15) is 17.3 Å². The van der Waals surface area contributed by atoms with Crippen LogP contribution in [-0.2, 0) is 19.0 Å². The van der Waals surface area contributed by atoms with E-state index in [0.29, 0.717) is 30.5 Å². The molecular formula is C28H39N3O6. The van der Waals surface area contributed by atoms with Gasteiger partial charge >= 0.3 is 12.1 Å². The normalized spacial score (nSPS) is 24.2. The highest BCUT2D eigenvalue weighted by molar-refractivity contribution is 6.00. The third-order valence-electron chi connectivity index (χ3n) is 7.38. The molecular weight excluding hydrogens is 474 g/mol. The van der Waals surface area contributed by atoms with Crippen molar-refractivity contribution in [1.29, 1.82) is 0 Å². The number of esters is 1. The maximum atomic E-state index is 13.7. The molecule has 2 atom stereocenters. The number of aromatic nitrogens is 1. The smallest absolute Gasteiger partial charge is 0.410 e. The number of carbonyl (C=O) groups is 3. The molecule has 1 aromatic heterocycles. The minimum Gasteiger partial charge on any atom is -0.461 e. The number of amides is 2. The number of ether oxygens (including phenoxy) is 3. The van der Waals surface area contributed by atoms with Gasteiger partial charge in [-0.2, -0.15) is 0 Å². The van der Waals surface area contributed by atoms with Crippen molar-refractivity contribution in [1.82, 2.24) is 9.88 Å². The van der Waals surface area contributed by atoms with Gasteiger partial charge in [-0.15, -0.1) is 0 Å². The van der Waals surface area contributed by atoms with E-state index >= 15 is 0 Å². The summed E-state index contributed by atoms with van der Waals surface area (Å²) in [5.41, 5.74) is 1.08. The van der Waals surface area contributed by atoms with Crippen LogP contribution in [0, 0.1) is 11.8 Å². The molecule has 4 rings (SSSR count). The Morgan fingerprint density at radius 2 is 1.81 bits per heavy atom. The Morgan fingerprint density at radius 1 is 1.08 bits per heavy atom. The fourth-order valence-electron chi connectivity index (χ4n) is 5.67. The second-order valence-electron chi connectivity index (χ2n) is 11.0. The molecule has 2 aliphatic rings. The summed E-state index contributed by atoms with van der Waals surface area (Å²) in [6.45, 7) is 8.03. The van der Waals surface area contributed by atoms with Crippen LogP contribution in [0.3, 0.4) is 0 Å². The molecule has 202 valence electrons. The number of benzene rings is 1. The van der Waals surface area contributed by atoms with Crippen LogP contribution in [0.25, 0.3) is 10.9 Å². The molecule has 0 radical (unpaired) electrons. The summed E-state index contributed by atoms with van der Waals surface area (Å²) < 4.78 is 16.3. The zero-order chi connectivity index (χ0) is 26.7. The largest absolute Gasteiger partial charge is 0.461 e. The Hall–Kier alpha value is -3.07. The molecule has 1 aromatic carbocycles. The minimum atomic E-state index is -0.650. The van der Waals surface area contributed by atoms with Crippen molar-refractivity contribution >= 4 is 34.6 Å². The van der Waals surface area contributed by atoms with E-state index in [1.54, 1.807) is 31.1 Å². The monoisotopic (exact) mass is 513 g/mol. The van der Waals surface area contributed by atoms with Crippen LogP contribution in [0.2, 0.25) is 0 Å². The second-order valence-corrected chi connectivity index (χ2v) is 11.0. The third-order valence-corrected chi connectivity index (χ3v) is 7.38. The van der Waals surface area contributed by atoms with E-state index in [1.165, 1.54) is 0 Å². The van der Waals surface area contributed by atoms with Crippen LogP contribution in [0.1, 0.15) is 70.3 Å². The number of likely N-dealkylation sites (tertiary alicyclic amines) is 1. The summed E-state index contributed by atoms with van der Waals surface area (Å²) in [6, 6.07) is 6.52. The van der Waals surface area contributed by atoms with Crippen LogP contribution in [0.4, 0.5) is 10.5 Å². The lowest BCUT2D eigenvalue weighted by Gasteiger charge is -2.35. The molecule has 0 bridgehead atoms. The Bertz CT molecular complexity index is 1130. The molecule has 2 heterocycles. The minimum absolute atomic E-state index is 0.0525. The van der Waals surface area contributed by atoms with Gasteiger partial charge in [0, 0.05) is 30.2 Å². The molecule has 2 fully saturated rings. The predicted octanol–water partition coefficient (Wildman–Crippen LogP) is 5.11.